The minimum Gasteiger partial charge on any atom is -0.493 e. The highest BCUT2D eigenvalue weighted by molar-refractivity contribution is 5.69. The van der Waals surface area contributed by atoms with Gasteiger partial charge in [0.15, 0.2) is 11.5 Å². The van der Waals surface area contributed by atoms with Gasteiger partial charge in [0.05, 0.1) is 30.8 Å². The molecule has 1 rings (SSSR count). The number of methoxy groups -OCH3 is 2. The third-order valence-corrected chi connectivity index (χ3v) is 6.15. The van der Waals surface area contributed by atoms with Crippen molar-refractivity contribution >= 4 is 11.7 Å². The van der Waals surface area contributed by atoms with Crippen LogP contribution in [0.1, 0.15) is 115 Å². The number of carbonyl (C=O) groups is 1. The Kier molecular flexibility index (Phi) is 16.6. The molecule has 0 amide bonds. The van der Waals surface area contributed by atoms with Gasteiger partial charge in [-0.05, 0) is 12.5 Å². The maximum absolute atomic E-state index is 12.1. The van der Waals surface area contributed by atoms with Crippen molar-refractivity contribution in [3.8, 4) is 11.5 Å². The lowest BCUT2D eigenvalue weighted by Gasteiger charge is -2.11. The average Bonchev–Trinajstić information content (AvgIpc) is 2.84. The lowest BCUT2D eigenvalue weighted by atomic mass is 10.0. The van der Waals surface area contributed by atoms with Gasteiger partial charge < -0.3 is 14.2 Å². The van der Waals surface area contributed by atoms with E-state index in [0.29, 0.717) is 12.2 Å². The Morgan fingerprint density at radius 1 is 0.765 bits per heavy atom. The highest BCUT2D eigenvalue weighted by atomic mass is 16.6. The van der Waals surface area contributed by atoms with Crippen molar-refractivity contribution in [2.75, 3.05) is 14.2 Å². The van der Waals surface area contributed by atoms with E-state index in [9.17, 15) is 14.9 Å². The summed E-state index contributed by atoms with van der Waals surface area (Å²) in [6, 6.07) is 2.77. The van der Waals surface area contributed by atoms with E-state index in [-0.39, 0.29) is 29.6 Å². The first kappa shape index (κ1) is 29.7. The Labute approximate surface area is 205 Å². The summed E-state index contributed by atoms with van der Waals surface area (Å²) in [5.74, 6) is 0.294. The van der Waals surface area contributed by atoms with Crippen LogP contribution in [0.4, 0.5) is 5.69 Å². The van der Waals surface area contributed by atoms with Gasteiger partial charge in [-0.2, -0.15) is 0 Å². The van der Waals surface area contributed by atoms with Gasteiger partial charge in [0.2, 0.25) is 0 Å². The van der Waals surface area contributed by atoms with Crippen molar-refractivity contribution in [2.45, 2.75) is 116 Å². The number of nitro benzene ring substituents is 1. The zero-order valence-corrected chi connectivity index (χ0v) is 21.6. The molecule has 1 aromatic rings. The Morgan fingerprint density at radius 2 is 1.21 bits per heavy atom. The number of nitro groups is 1. The number of hydrogen-bond acceptors (Lipinski definition) is 6. The second-order valence-electron chi connectivity index (χ2n) is 8.95. The number of unbranched alkanes of at least 4 members (excludes halogenated alkanes) is 14. The summed E-state index contributed by atoms with van der Waals surface area (Å²) in [7, 11) is 2.87. The van der Waals surface area contributed by atoms with Gasteiger partial charge in [0.25, 0.3) is 5.69 Å². The molecule has 0 aliphatic heterocycles. The van der Waals surface area contributed by atoms with Crippen LogP contribution < -0.4 is 9.47 Å². The molecule has 7 heteroatoms. The van der Waals surface area contributed by atoms with Crippen LogP contribution >= 0.6 is 0 Å². The molecule has 34 heavy (non-hydrogen) atoms. The van der Waals surface area contributed by atoms with E-state index >= 15 is 0 Å². The van der Waals surface area contributed by atoms with Crippen molar-refractivity contribution < 1.29 is 23.9 Å². The van der Waals surface area contributed by atoms with Crippen molar-refractivity contribution in [2.24, 2.45) is 0 Å². The van der Waals surface area contributed by atoms with Gasteiger partial charge >= 0.3 is 5.97 Å². The van der Waals surface area contributed by atoms with E-state index in [2.05, 4.69) is 6.92 Å². The van der Waals surface area contributed by atoms with Crippen molar-refractivity contribution in [3.05, 3.63) is 27.8 Å². The van der Waals surface area contributed by atoms with E-state index in [0.717, 1.165) is 19.3 Å². The summed E-state index contributed by atoms with van der Waals surface area (Å²) in [6.45, 7) is 2.10. The first-order chi connectivity index (χ1) is 16.5. The monoisotopic (exact) mass is 479 g/mol. The molecule has 0 unspecified atom stereocenters. The fourth-order valence-corrected chi connectivity index (χ4v) is 4.07. The van der Waals surface area contributed by atoms with E-state index in [1.165, 1.54) is 103 Å². The molecular formula is C27H45NO6. The van der Waals surface area contributed by atoms with Crippen molar-refractivity contribution in [3.63, 3.8) is 0 Å². The fourth-order valence-electron chi connectivity index (χ4n) is 4.07. The first-order valence-electron chi connectivity index (χ1n) is 13.1. The lowest BCUT2D eigenvalue weighted by Crippen LogP contribution is -2.07. The third kappa shape index (κ3) is 12.8. The van der Waals surface area contributed by atoms with Crippen LogP contribution in [-0.4, -0.2) is 25.1 Å². The van der Waals surface area contributed by atoms with Crippen LogP contribution in [0.25, 0.3) is 0 Å². The number of rotatable bonds is 21. The lowest BCUT2D eigenvalue weighted by molar-refractivity contribution is -0.385. The molecule has 0 saturated heterocycles. The minimum absolute atomic E-state index is 0.155. The fraction of sp³-hybridized carbons (Fsp3) is 0.741. The standard InChI is InChI=1S/C27H45NO6/c1-4-5-6-7-8-9-10-11-12-13-14-15-16-17-18-19-27(29)34-22-23-20-25(32-2)26(33-3)21-24(23)28(30)31/h20-21H,4-19,22H2,1-3H3. The summed E-state index contributed by atoms with van der Waals surface area (Å²) in [5, 5.41) is 11.3. The third-order valence-electron chi connectivity index (χ3n) is 6.15. The predicted octanol–water partition coefficient (Wildman–Crippen LogP) is 7.92. The molecular weight excluding hydrogens is 434 g/mol. The number of carbonyl (C=O) groups excluding carboxylic acids is 1. The summed E-state index contributed by atoms with van der Waals surface area (Å²) < 4.78 is 15.6. The molecule has 0 aromatic heterocycles. The van der Waals surface area contributed by atoms with Gasteiger partial charge in [-0.25, -0.2) is 0 Å². The number of esters is 1. The molecule has 0 saturated carbocycles. The molecule has 0 spiro atoms. The van der Waals surface area contributed by atoms with Crippen LogP contribution in [0.2, 0.25) is 0 Å². The number of hydrogen-bond donors (Lipinski definition) is 0. The van der Waals surface area contributed by atoms with Gasteiger partial charge in [0.1, 0.15) is 6.61 Å². The normalized spacial score (nSPS) is 10.8. The molecule has 0 fully saturated rings. The average molecular weight is 480 g/mol. The SMILES string of the molecule is CCCCCCCCCCCCCCCCCC(=O)OCc1cc(OC)c(OC)cc1[N+](=O)[O-]. The Hall–Kier alpha value is -2.31. The van der Waals surface area contributed by atoms with Gasteiger partial charge in [0, 0.05) is 6.42 Å². The second kappa shape index (κ2) is 19.0. The smallest absolute Gasteiger partial charge is 0.306 e. The zero-order chi connectivity index (χ0) is 25.0. The first-order valence-corrected chi connectivity index (χ1v) is 13.1. The van der Waals surface area contributed by atoms with Crippen molar-refractivity contribution in [1.82, 2.24) is 0 Å². The Morgan fingerprint density at radius 3 is 1.65 bits per heavy atom. The van der Waals surface area contributed by atoms with Crippen LogP contribution in [0, 0.1) is 10.1 Å². The van der Waals surface area contributed by atoms with E-state index in [1.807, 2.05) is 0 Å². The molecule has 0 aliphatic carbocycles. The number of nitrogens with zero attached hydrogens (tertiary/aromatic N) is 1. The van der Waals surface area contributed by atoms with E-state index in [4.69, 9.17) is 14.2 Å². The second-order valence-corrected chi connectivity index (χ2v) is 8.95. The molecule has 0 radical (unpaired) electrons. The topological polar surface area (TPSA) is 87.9 Å². The Bertz CT molecular complexity index is 707. The maximum atomic E-state index is 12.1. The van der Waals surface area contributed by atoms with Gasteiger partial charge in [-0.3, -0.25) is 14.9 Å². The molecule has 1 aromatic carbocycles. The zero-order valence-electron chi connectivity index (χ0n) is 21.6. The molecule has 0 N–H and O–H groups in total. The van der Waals surface area contributed by atoms with Crippen molar-refractivity contribution in [1.29, 1.82) is 0 Å². The molecule has 0 atom stereocenters. The minimum atomic E-state index is -0.514. The predicted molar refractivity (Wildman–Crippen MR) is 136 cm³/mol. The van der Waals surface area contributed by atoms with E-state index < -0.39 is 4.92 Å². The largest absolute Gasteiger partial charge is 0.493 e. The summed E-state index contributed by atoms with van der Waals surface area (Å²) in [6.07, 6.45) is 19.4. The van der Waals surface area contributed by atoms with Gasteiger partial charge in [-0.15, -0.1) is 0 Å². The van der Waals surface area contributed by atoms with Crippen LogP contribution in [0.15, 0.2) is 12.1 Å². The maximum Gasteiger partial charge on any atom is 0.306 e. The Balaban J connectivity index is 2.10. The number of benzene rings is 1. The van der Waals surface area contributed by atoms with Crippen LogP contribution in [0.5, 0.6) is 11.5 Å². The molecule has 7 nitrogen and oxygen atoms in total. The van der Waals surface area contributed by atoms with Crippen LogP contribution in [-0.2, 0) is 16.1 Å². The summed E-state index contributed by atoms with van der Waals surface area (Å²) in [4.78, 5) is 22.9. The molecule has 0 heterocycles. The summed E-state index contributed by atoms with van der Waals surface area (Å²) in [5.41, 5.74) is 0.130. The molecule has 0 aliphatic rings. The van der Waals surface area contributed by atoms with Gasteiger partial charge in [-0.1, -0.05) is 96.8 Å². The quantitative estimate of drug-likeness (QED) is 0.0770. The van der Waals surface area contributed by atoms with E-state index in [1.54, 1.807) is 0 Å². The highest BCUT2D eigenvalue weighted by Crippen LogP contribution is 2.34. The highest BCUT2D eigenvalue weighted by Gasteiger charge is 2.20. The molecule has 194 valence electrons. The van der Waals surface area contributed by atoms with Crippen LogP contribution in [0.3, 0.4) is 0 Å². The molecule has 0 bridgehead atoms. The number of ether oxygens (including phenoxy) is 3. The summed E-state index contributed by atoms with van der Waals surface area (Å²) >= 11 is 0.